The van der Waals surface area contributed by atoms with Crippen molar-refractivity contribution in [2.75, 3.05) is 7.11 Å². The summed E-state index contributed by atoms with van der Waals surface area (Å²) >= 11 is 0. The van der Waals surface area contributed by atoms with Crippen LogP contribution in [0.2, 0.25) is 0 Å². The van der Waals surface area contributed by atoms with Crippen LogP contribution in [-0.2, 0) is 0 Å². The number of ether oxygens (including phenoxy) is 1. The molecule has 0 spiro atoms. The normalized spacial score (nSPS) is 10.3. The quantitative estimate of drug-likeness (QED) is 0.658. The third-order valence-electron chi connectivity index (χ3n) is 1.93. The summed E-state index contributed by atoms with van der Waals surface area (Å²) in [6.07, 6.45) is 0. The van der Waals surface area contributed by atoms with Gasteiger partial charge >= 0.3 is 0 Å². The average Bonchev–Trinajstić information content (AvgIpc) is 2.17. The van der Waals surface area contributed by atoms with Crippen molar-refractivity contribution in [1.82, 2.24) is 4.98 Å². The zero-order valence-corrected chi connectivity index (χ0v) is 7.66. The predicted octanol–water partition coefficient (Wildman–Crippen LogP) is 2.35. The molecule has 13 heavy (non-hydrogen) atoms. The molecule has 2 aromatic rings. The Labute approximate surface area is 77.2 Å². The van der Waals surface area contributed by atoms with Crippen molar-refractivity contribution in [1.29, 1.82) is 0 Å². The fourth-order valence-electron chi connectivity index (χ4n) is 1.26. The van der Waals surface area contributed by atoms with Gasteiger partial charge in [-0.05, 0) is 25.1 Å². The molecular weight excluding hydrogens is 162 g/mol. The number of benzene rings is 1. The minimum absolute atomic E-state index is 0.748. The highest BCUT2D eigenvalue weighted by molar-refractivity contribution is 5.79. The highest BCUT2D eigenvalue weighted by Gasteiger charge is 1.97. The molecule has 2 heteroatoms. The molecule has 0 aliphatic carbocycles. The van der Waals surface area contributed by atoms with Crippen LogP contribution in [0, 0.1) is 13.0 Å². The van der Waals surface area contributed by atoms with Crippen molar-refractivity contribution in [2.45, 2.75) is 6.92 Å². The Hall–Kier alpha value is -1.57. The number of nitrogens with zero attached hydrogens (tertiary/aromatic N) is 1. The second-order valence-corrected chi connectivity index (χ2v) is 2.91. The number of methoxy groups -OCH3 is 1. The molecular formula is C11H10NO. The van der Waals surface area contributed by atoms with Crippen molar-refractivity contribution >= 4 is 10.9 Å². The maximum absolute atomic E-state index is 5.07. The minimum Gasteiger partial charge on any atom is -0.496 e. The van der Waals surface area contributed by atoms with Crippen molar-refractivity contribution in [2.24, 2.45) is 0 Å². The van der Waals surface area contributed by atoms with Gasteiger partial charge in [0.25, 0.3) is 0 Å². The second-order valence-electron chi connectivity index (χ2n) is 2.91. The monoisotopic (exact) mass is 172 g/mol. The minimum atomic E-state index is 0.748. The molecule has 0 fully saturated rings. The molecule has 65 valence electrons. The lowest BCUT2D eigenvalue weighted by molar-refractivity contribution is 0.414. The maximum Gasteiger partial charge on any atom is 0.127 e. The lowest BCUT2D eigenvalue weighted by atomic mass is 10.2. The van der Waals surface area contributed by atoms with Crippen LogP contribution in [-0.4, -0.2) is 12.1 Å². The van der Waals surface area contributed by atoms with Gasteiger partial charge in [-0.25, -0.2) is 0 Å². The van der Waals surface area contributed by atoms with E-state index in [0.717, 1.165) is 22.3 Å². The van der Waals surface area contributed by atoms with E-state index in [1.54, 1.807) is 7.11 Å². The zero-order chi connectivity index (χ0) is 9.26. The van der Waals surface area contributed by atoms with Gasteiger partial charge in [-0.1, -0.05) is 6.07 Å². The number of hydrogen-bond acceptors (Lipinski definition) is 2. The van der Waals surface area contributed by atoms with Crippen LogP contribution in [0.1, 0.15) is 5.69 Å². The van der Waals surface area contributed by atoms with Gasteiger partial charge in [0.1, 0.15) is 5.75 Å². The molecule has 0 N–H and O–H groups in total. The standard InChI is InChI=1S/C11H10NO/c1-8-3-4-9-7-10(13-2)5-6-11(9)12-8/h3-6H,1-2H3. The highest BCUT2D eigenvalue weighted by Crippen LogP contribution is 2.18. The first-order valence-electron chi connectivity index (χ1n) is 4.13. The van der Waals surface area contributed by atoms with Crippen molar-refractivity contribution in [3.8, 4) is 5.75 Å². The van der Waals surface area contributed by atoms with Crippen molar-refractivity contribution in [3.05, 3.63) is 36.0 Å². The molecule has 0 unspecified atom stereocenters. The van der Waals surface area contributed by atoms with E-state index < -0.39 is 0 Å². The number of pyridine rings is 1. The van der Waals surface area contributed by atoms with Crippen LogP contribution in [0.5, 0.6) is 5.75 Å². The van der Waals surface area contributed by atoms with Crippen LogP contribution in [0.4, 0.5) is 0 Å². The Morgan fingerprint density at radius 2 is 2.08 bits per heavy atom. The first-order valence-corrected chi connectivity index (χ1v) is 4.13. The van der Waals surface area contributed by atoms with Crippen molar-refractivity contribution < 1.29 is 4.74 Å². The summed E-state index contributed by atoms with van der Waals surface area (Å²) in [4.78, 5) is 4.36. The highest BCUT2D eigenvalue weighted by atomic mass is 16.5. The molecule has 0 atom stereocenters. The van der Waals surface area contributed by atoms with E-state index in [-0.39, 0.29) is 0 Å². The van der Waals surface area contributed by atoms with Gasteiger partial charge in [0.2, 0.25) is 0 Å². The SMILES string of the molecule is COc1[c]c2ccc(C)nc2cc1. The molecule has 2 nitrogen and oxygen atoms in total. The Balaban J connectivity index is 2.66. The van der Waals surface area contributed by atoms with E-state index in [1.807, 2.05) is 31.2 Å². The van der Waals surface area contributed by atoms with Gasteiger partial charge < -0.3 is 4.74 Å². The van der Waals surface area contributed by atoms with Crippen molar-refractivity contribution in [3.63, 3.8) is 0 Å². The third kappa shape index (κ3) is 1.47. The molecule has 0 aliphatic rings. The third-order valence-corrected chi connectivity index (χ3v) is 1.93. The summed E-state index contributed by atoms with van der Waals surface area (Å²) in [7, 11) is 1.64. The molecule has 0 amide bonds. The number of fused-ring (bicyclic) bond motifs is 1. The van der Waals surface area contributed by atoms with Gasteiger partial charge in [-0.3, -0.25) is 4.98 Å². The topological polar surface area (TPSA) is 22.1 Å². The van der Waals surface area contributed by atoms with Gasteiger partial charge in [-0.2, -0.15) is 0 Å². The second kappa shape index (κ2) is 3.05. The lowest BCUT2D eigenvalue weighted by Crippen LogP contribution is -1.86. The summed E-state index contributed by atoms with van der Waals surface area (Å²) < 4.78 is 5.07. The zero-order valence-electron chi connectivity index (χ0n) is 7.66. The van der Waals surface area contributed by atoms with Crippen LogP contribution < -0.4 is 4.74 Å². The van der Waals surface area contributed by atoms with Gasteiger partial charge in [0, 0.05) is 17.1 Å². The number of aromatic nitrogens is 1. The molecule has 0 saturated carbocycles. The summed E-state index contributed by atoms with van der Waals surface area (Å²) in [5.41, 5.74) is 1.98. The van der Waals surface area contributed by atoms with Crippen LogP contribution in [0.3, 0.4) is 0 Å². The Bertz CT molecular complexity index is 437. The summed E-state index contributed by atoms with van der Waals surface area (Å²) in [5.74, 6) is 0.748. The molecule has 1 aromatic carbocycles. The smallest absolute Gasteiger partial charge is 0.127 e. The first-order chi connectivity index (χ1) is 6.29. The molecule has 1 aromatic heterocycles. The van der Waals surface area contributed by atoms with E-state index in [2.05, 4.69) is 11.1 Å². The number of aryl methyl sites for hydroxylation is 1. The Morgan fingerprint density at radius 3 is 2.85 bits per heavy atom. The Morgan fingerprint density at radius 1 is 1.23 bits per heavy atom. The molecule has 1 heterocycles. The predicted molar refractivity (Wildman–Crippen MR) is 51.9 cm³/mol. The van der Waals surface area contributed by atoms with Gasteiger partial charge in [0.15, 0.2) is 0 Å². The van der Waals surface area contributed by atoms with E-state index in [4.69, 9.17) is 4.74 Å². The molecule has 0 aliphatic heterocycles. The van der Waals surface area contributed by atoms with Crippen LogP contribution in [0.25, 0.3) is 10.9 Å². The Kier molecular flexibility index (Phi) is 1.89. The van der Waals surface area contributed by atoms with E-state index in [0.29, 0.717) is 0 Å². The maximum atomic E-state index is 5.07. The van der Waals surface area contributed by atoms with Gasteiger partial charge in [-0.15, -0.1) is 0 Å². The van der Waals surface area contributed by atoms with Gasteiger partial charge in [0.05, 0.1) is 12.6 Å². The number of rotatable bonds is 1. The lowest BCUT2D eigenvalue weighted by Gasteiger charge is -2.01. The number of hydrogen-bond donors (Lipinski definition) is 0. The van der Waals surface area contributed by atoms with E-state index in [9.17, 15) is 0 Å². The fourth-order valence-corrected chi connectivity index (χ4v) is 1.26. The molecule has 0 bridgehead atoms. The summed E-state index contributed by atoms with van der Waals surface area (Å²) in [5, 5.41) is 0.991. The average molecular weight is 172 g/mol. The molecule has 0 saturated heterocycles. The summed E-state index contributed by atoms with van der Waals surface area (Å²) in [6.45, 7) is 1.98. The molecule has 1 radical (unpaired) electrons. The largest absolute Gasteiger partial charge is 0.496 e. The molecule has 2 rings (SSSR count). The van der Waals surface area contributed by atoms with E-state index in [1.165, 1.54) is 0 Å². The van der Waals surface area contributed by atoms with Crippen LogP contribution in [0.15, 0.2) is 24.3 Å². The first kappa shape index (κ1) is 8.05. The fraction of sp³-hybridized carbons (Fsp3) is 0.182. The van der Waals surface area contributed by atoms with Crippen LogP contribution >= 0.6 is 0 Å². The van der Waals surface area contributed by atoms with E-state index >= 15 is 0 Å². The summed E-state index contributed by atoms with van der Waals surface area (Å²) in [6, 6.07) is 10.9.